The first kappa shape index (κ1) is 33.0. The van der Waals surface area contributed by atoms with Gasteiger partial charge in [-0.15, -0.1) is 5.10 Å². The fourth-order valence-electron chi connectivity index (χ4n) is 3.59. The highest BCUT2D eigenvalue weighted by Gasteiger charge is 2.28. The van der Waals surface area contributed by atoms with Gasteiger partial charge in [-0.1, -0.05) is 24.3 Å². The molecule has 0 radical (unpaired) electrons. The Hall–Kier alpha value is -4.50. The molecule has 2 amide bonds. The van der Waals surface area contributed by atoms with E-state index in [1.54, 1.807) is 24.3 Å². The van der Waals surface area contributed by atoms with Gasteiger partial charge >= 0.3 is 12.1 Å². The minimum atomic E-state index is -1.23. The van der Waals surface area contributed by atoms with Crippen LogP contribution >= 0.6 is 0 Å². The van der Waals surface area contributed by atoms with E-state index in [9.17, 15) is 23.2 Å². The number of nitrogens with one attached hydrogen (secondary N) is 2. The van der Waals surface area contributed by atoms with Crippen molar-refractivity contribution < 1.29 is 37.4 Å². The van der Waals surface area contributed by atoms with Crippen molar-refractivity contribution >= 4 is 18.0 Å². The molecular formula is C28H35F2N7O6. The summed E-state index contributed by atoms with van der Waals surface area (Å²) in [5, 5.41) is 16.8. The summed E-state index contributed by atoms with van der Waals surface area (Å²) in [6.07, 6.45) is 0.458. The third kappa shape index (κ3) is 11.0. The van der Waals surface area contributed by atoms with E-state index in [4.69, 9.17) is 19.9 Å². The van der Waals surface area contributed by atoms with Gasteiger partial charge in [0.05, 0.1) is 37.5 Å². The van der Waals surface area contributed by atoms with Crippen LogP contribution in [0.15, 0.2) is 48.5 Å². The summed E-state index contributed by atoms with van der Waals surface area (Å²) in [5.74, 6) is -2.22. The highest BCUT2D eigenvalue weighted by molar-refractivity contribution is 5.89. The van der Waals surface area contributed by atoms with Crippen molar-refractivity contribution in [1.82, 2.24) is 30.8 Å². The molecule has 0 fully saturated rings. The minimum Gasteiger partial charge on any atom is -0.462 e. The van der Waals surface area contributed by atoms with Crippen molar-refractivity contribution in [2.75, 3.05) is 26.4 Å². The van der Waals surface area contributed by atoms with E-state index in [-0.39, 0.29) is 44.4 Å². The number of esters is 1. The second-order valence-corrected chi connectivity index (χ2v) is 10.0. The SMILES string of the molecule is CC(C)(N)C(=O)N[C@H](COCc1ccc(F)cc1F)c1nnnn1CCOC(=O)NCCCCOC(=O)c1ccccc1. The lowest BCUT2D eigenvalue weighted by molar-refractivity contribution is -0.126. The van der Waals surface area contributed by atoms with E-state index in [1.165, 1.54) is 24.6 Å². The van der Waals surface area contributed by atoms with Gasteiger partial charge in [0, 0.05) is 18.2 Å². The van der Waals surface area contributed by atoms with Crippen LogP contribution in [0.4, 0.5) is 13.6 Å². The van der Waals surface area contributed by atoms with Crippen LogP contribution in [0.5, 0.6) is 0 Å². The van der Waals surface area contributed by atoms with Gasteiger partial charge in [-0.2, -0.15) is 0 Å². The zero-order chi connectivity index (χ0) is 31.2. The Bertz CT molecular complexity index is 1350. The van der Waals surface area contributed by atoms with E-state index in [1.807, 2.05) is 6.07 Å². The molecule has 0 bridgehead atoms. The predicted octanol–water partition coefficient (Wildman–Crippen LogP) is 2.43. The van der Waals surface area contributed by atoms with Crippen LogP contribution in [0.3, 0.4) is 0 Å². The number of tetrazole rings is 1. The Kier molecular flexibility index (Phi) is 12.5. The van der Waals surface area contributed by atoms with Crippen molar-refractivity contribution in [2.45, 2.75) is 51.4 Å². The molecule has 1 heterocycles. The molecule has 0 aliphatic rings. The molecule has 1 aromatic heterocycles. The van der Waals surface area contributed by atoms with Gasteiger partial charge < -0.3 is 30.6 Å². The molecular weight excluding hydrogens is 568 g/mol. The van der Waals surface area contributed by atoms with Crippen LogP contribution in [-0.2, 0) is 32.2 Å². The first-order valence-electron chi connectivity index (χ1n) is 13.5. The lowest BCUT2D eigenvalue weighted by Crippen LogP contribution is -2.51. The average Bonchev–Trinajstić information content (AvgIpc) is 3.43. The second kappa shape index (κ2) is 16.2. The number of aromatic nitrogens is 4. The van der Waals surface area contributed by atoms with Crippen molar-refractivity contribution in [3.05, 3.63) is 77.1 Å². The molecule has 4 N–H and O–H groups in total. The van der Waals surface area contributed by atoms with Crippen molar-refractivity contribution in [2.24, 2.45) is 5.73 Å². The Labute approximate surface area is 247 Å². The van der Waals surface area contributed by atoms with E-state index >= 15 is 0 Å². The second-order valence-electron chi connectivity index (χ2n) is 10.0. The minimum absolute atomic E-state index is 0.0518. The molecule has 1 atom stereocenters. The highest BCUT2D eigenvalue weighted by Crippen LogP contribution is 2.15. The van der Waals surface area contributed by atoms with Gasteiger partial charge in [0.25, 0.3) is 0 Å². The van der Waals surface area contributed by atoms with E-state index in [0.29, 0.717) is 24.9 Å². The lowest BCUT2D eigenvalue weighted by atomic mass is 10.1. The standard InChI is InChI=1S/C28H35F2N7O6/c1-28(2,31)26(39)33-23(18-41-17-20-10-11-21(29)16-22(20)30)24-34-35-36-37(24)13-15-43-27(40)32-12-6-7-14-42-25(38)19-8-4-3-5-9-19/h3-5,8-11,16,23H,6-7,12-15,17-18,31H2,1-2H3,(H,32,40)(H,33,39)/t23-/m1/s1. The fraction of sp³-hybridized carbons (Fsp3) is 0.429. The number of alkyl carbamates (subject to hydrolysis) is 1. The molecule has 43 heavy (non-hydrogen) atoms. The summed E-state index contributed by atoms with van der Waals surface area (Å²) in [7, 11) is 0. The number of halogens is 2. The van der Waals surface area contributed by atoms with Crippen molar-refractivity contribution in [1.29, 1.82) is 0 Å². The Morgan fingerprint density at radius 1 is 1.05 bits per heavy atom. The van der Waals surface area contributed by atoms with Gasteiger partial charge in [-0.05, 0) is 55.3 Å². The average molecular weight is 604 g/mol. The maximum absolute atomic E-state index is 14.0. The molecule has 232 valence electrons. The molecule has 3 aromatic rings. The van der Waals surface area contributed by atoms with Crippen molar-refractivity contribution in [3.63, 3.8) is 0 Å². The zero-order valence-electron chi connectivity index (χ0n) is 23.9. The van der Waals surface area contributed by atoms with E-state index in [2.05, 4.69) is 26.2 Å². The smallest absolute Gasteiger partial charge is 0.407 e. The molecule has 0 aliphatic carbocycles. The topological polar surface area (TPSA) is 173 Å². The summed E-state index contributed by atoms with van der Waals surface area (Å²) in [5.41, 5.74) is 5.27. The van der Waals surface area contributed by atoms with Crippen molar-refractivity contribution in [3.8, 4) is 0 Å². The van der Waals surface area contributed by atoms with Crippen LogP contribution in [0, 0.1) is 11.6 Å². The maximum Gasteiger partial charge on any atom is 0.407 e. The number of carbonyl (C=O) groups is 3. The number of rotatable bonds is 16. The molecule has 0 saturated heterocycles. The summed E-state index contributed by atoms with van der Waals surface area (Å²) in [6, 6.07) is 10.9. The third-order valence-corrected chi connectivity index (χ3v) is 5.94. The molecule has 3 rings (SSSR count). The van der Waals surface area contributed by atoms with Crippen LogP contribution in [-0.4, -0.2) is 70.1 Å². The van der Waals surface area contributed by atoms with Gasteiger partial charge in [0.1, 0.15) is 24.3 Å². The van der Waals surface area contributed by atoms with Gasteiger partial charge in [0.15, 0.2) is 5.82 Å². The molecule has 15 heteroatoms. The molecule has 13 nitrogen and oxygen atoms in total. The number of unbranched alkanes of at least 4 members (excludes halogenated alkanes) is 1. The van der Waals surface area contributed by atoms with Crippen LogP contribution in [0.25, 0.3) is 0 Å². The largest absolute Gasteiger partial charge is 0.462 e. The van der Waals surface area contributed by atoms with Crippen LogP contribution in [0.1, 0.15) is 54.5 Å². The number of carbonyl (C=O) groups excluding carboxylic acids is 3. The molecule has 0 spiro atoms. The molecule has 0 aliphatic heterocycles. The highest BCUT2D eigenvalue weighted by atomic mass is 19.1. The van der Waals surface area contributed by atoms with Gasteiger partial charge in [-0.3, -0.25) is 4.79 Å². The maximum atomic E-state index is 14.0. The molecule has 2 aromatic carbocycles. The van der Waals surface area contributed by atoms with E-state index < -0.39 is 41.2 Å². The van der Waals surface area contributed by atoms with Crippen LogP contribution < -0.4 is 16.4 Å². The van der Waals surface area contributed by atoms with Crippen LogP contribution in [0.2, 0.25) is 0 Å². The Morgan fingerprint density at radius 3 is 2.53 bits per heavy atom. The first-order valence-corrected chi connectivity index (χ1v) is 13.5. The summed E-state index contributed by atoms with van der Waals surface area (Å²) in [6.45, 7) is 3.15. The van der Waals surface area contributed by atoms with Gasteiger partial charge in [0.2, 0.25) is 5.91 Å². The summed E-state index contributed by atoms with van der Waals surface area (Å²) < 4.78 is 44.5. The third-order valence-electron chi connectivity index (χ3n) is 5.94. The Balaban J connectivity index is 1.44. The number of nitrogens with zero attached hydrogens (tertiary/aromatic N) is 4. The Morgan fingerprint density at radius 2 is 1.81 bits per heavy atom. The van der Waals surface area contributed by atoms with Gasteiger partial charge in [-0.25, -0.2) is 23.1 Å². The quantitative estimate of drug-likeness (QED) is 0.163. The lowest BCUT2D eigenvalue weighted by Gasteiger charge is -2.23. The first-order chi connectivity index (χ1) is 20.5. The molecule has 0 unspecified atom stereocenters. The number of ether oxygens (including phenoxy) is 3. The zero-order valence-corrected chi connectivity index (χ0v) is 23.9. The van der Waals surface area contributed by atoms with E-state index in [0.717, 1.165) is 12.1 Å². The molecule has 0 saturated carbocycles. The number of amides is 2. The number of hydrogen-bond acceptors (Lipinski definition) is 10. The number of hydrogen-bond donors (Lipinski definition) is 3. The normalized spacial score (nSPS) is 11.9. The summed E-state index contributed by atoms with van der Waals surface area (Å²) >= 11 is 0. The number of nitrogens with two attached hydrogens (primary N) is 1. The number of benzene rings is 2. The summed E-state index contributed by atoms with van der Waals surface area (Å²) in [4.78, 5) is 36.6. The fourth-order valence-corrected chi connectivity index (χ4v) is 3.59. The monoisotopic (exact) mass is 603 g/mol. The predicted molar refractivity (Wildman–Crippen MR) is 148 cm³/mol.